The molecule has 1 aromatic carbocycles. The van der Waals surface area contributed by atoms with Gasteiger partial charge in [0.2, 0.25) is 0 Å². The Morgan fingerprint density at radius 1 is 1.37 bits per heavy atom. The number of carbonyl (C=O) groups is 1. The number of benzene rings is 1. The fourth-order valence-corrected chi connectivity index (χ4v) is 1.99. The highest BCUT2D eigenvalue weighted by Gasteiger charge is 2.14. The van der Waals surface area contributed by atoms with Gasteiger partial charge in [0, 0.05) is 17.5 Å². The van der Waals surface area contributed by atoms with E-state index in [1.807, 2.05) is 0 Å². The first-order valence-corrected chi connectivity index (χ1v) is 7.53. The Bertz CT molecular complexity index is 553. The lowest BCUT2D eigenvalue weighted by Crippen LogP contribution is -2.16. The highest BCUT2D eigenvalue weighted by Crippen LogP contribution is 2.22. The van der Waals surface area contributed by atoms with Crippen LogP contribution >= 0.6 is 0 Å². The van der Waals surface area contributed by atoms with Gasteiger partial charge >= 0.3 is 5.97 Å². The number of hydrogen-bond donors (Lipinski definition) is 1. The molecule has 0 radical (unpaired) electrons. The maximum atomic E-state index is 11.5. The number of nitrogens with two attached hydrogens (primary N) is 1. The number of nitrogen functional groups attached to an aromatic ring is 1. The van der Waals surface area contributed by atoms with Gasteiger partial charge in [0.1, 0.15) is 17.9 Å². The normalized spacial score (nSPS) is 11.1. The summed E-state index contributed by atoms with van der Waals surface area (Å²) in [5.41, 5.74) is 6.23. The van der Waals surface area contributed by atoms with E-state index >= 15 is 0 Å². The summed E-state index contributed by atoms with van der Waals surface area (Å²) in [7, 11) is -1.86. The van der Waals surface area contributed by atoms with E-state index in [1.165, 1.54) is 19.2 Å². The fraction of sp³-hybridized carbons (Fsp3) is 0.417. The molecule has 0 unspecified atom stereocenters. The summed E-state index contributed by atoms with van der Waals surface area (Å²) >= 11 is 0. The molecule has 0 aliphatic carbocycles. The van der Waals surface area contributed by atoms with E-state index in [0.717, 1.165) is 0 Å². The molecule has 1 rings (SSSR count). The van der Waals surface area contributed by atoms with Crippen molar-refractivity contribution in [3.8, 4) is 5.75 Å². The third kappa shape index (κ3) is 4.44. The van der Waals surface area contributed by atoms with Crippen molar-refractivity contribution in [2.24, 2.45) is 0 Å². The van der Waals surface area contributed by atoms with Gasteiger partial charge in [0.05, 0.1) is 12.9 Å². The molecule has 0 amide bonds. The van der Waals surface area contributed by atoms with Gasteiger partial charge in [-0.25, -0.2) is 13.2 Å². The summed E-state index contributed by atoms with van der Waals surface area (Å²) in [6.45, 7) is 1.53. The Morgan fingerprint density at radius 3 is 2.63 bits per heavy atom. The standard InChI is InChI=1S/C12H17NO5S/c1-3-19(15,16)7-6-18-11-8-9(13)4-5-10(11)12(14)17-2/h4-5,8H,3,6-7,13H2,1-2H3. The molecule has 2 N–H and O–H groups in total. The van der Waals surface area contributed by atoms with E-state index in [2.05, 4.69) is 4.74 Å². The van der Waals surface area contributed by atoms with Gasteiger partial charge in [-0.2, -0.15) is 0 Å². The second kappa shape index (κ2) is 6.42. The van der Waals surface area contributed by atoms with Gasteiger partial charge in [-0.3, -0.25) is 0 Å². The average molecular weight is 287 g/mol. The van der Waals surface area contributed by atoms with Gasteiger partial charge in [-0.05, 0) is 12.1 Å². The van der Waals surface area contributed by atoms with Crippen molar-refractivity contribution in [1.29, 1.82) is 0 Å². The smallest absolute Gasteiger partial charge is 0.341 e. The van der Waals surface area contributed by atoms with E-state index in [1.54, 1.807) is 13.0 Å². The summed E-state index contributed by atoms with van der Waals surface area (Å²) in [4.78, 5) is 11.5. The molecule has 106 valence electrons. The Balaban J connectivity index is 2.82. The van der Waals surface area contributed by atoms with E-state index in [4.69, 9.17) is 10.5 Å². The molecule has 0 saturated heterocycles. The number of anilines is 1. The molecule has 0 heterocycles. The predicted molar refractivity (Wildman–Crippen MR) is 72.0 cm³/mol. The zero-order chi connectivity index (χ0) is 14.5. The Kier molecular flexibility index (Phi) is 5.17. The van der Waals surface area contributed by atoms with Gasteiger partial charge < -0.3 is 15.2 Å². The molecule has 0 aliphatic rings. The molecule has 19 heavy (non-hydrogen) atoms. The molecule has 1 aromatic rings. The molecule has 0 saturated carbocycles. The van der Waals surface area contributed by atoms with Crippen LogP contribution in [0.2, 0.25) is 0 Å². The second-order valence-corrected chi connectivity index (χ2v) is 6.30. The molecule has 0 aliphatic heterocycles. The predicted octanol–water partition coefficient (Wildman–Crippen LogP) is 0.869. The first-order valence-electron chi connectivity index (χ1n) is 5.70. The molecular weight excluding hydrogens is 270 g/mol. The van der Waals surface area contributed by atoms with Gasteiger partial charge in [0.25, 0.3) is 0 Å². The fourth-order valence-electron chi connectivity index (χ4n) is 1.36. The average Bonchev–Trinajstić information content (AvgIpc) is 2.38. The maximum Gasteiger partial charge on any atom is 0.341 e. The first kappa shape index (κ1) is 15.3. The van der Waals surface area contributed by atoms with Crippen LogP contribution in [0.25, 0.3) is 0 Å². The molecule has 0 bridgehead atoms. The molecule has 0 aromatic heterocycles. The number of rotatable bonds is 6. The van der Waals surface area contributed by atoms with E-state index in [-0.39, 0.29) is 29.4 Å². The Hall–Kier alpha value is -1.76. The lowest BCUT2D eigenvalue weighted by molar-refractivity contribution is 0.0596. The van der Waals surface area contributed by atoms with E-state index in [0.29, 0.717) is 5.69 Å². The molecule has 7 heteroatoms. The van der Waals surface area contributed by atoms with Crippen molar-refractivity contribution in [2.75, 3.05) is 31.0 Å². The van der Waals surface area contributed by atoms with Crippen molar-refractivity contribution in [3.05, 3.63) is 23.8 Å². The topological polar surface area (TPSA) is 95.7 Å². The summed E-state index contributed by atoms with van der Waals surface area (Å²) in [5.74, 6) is -0.401. The molecule has 0 fully saturated rings. The summed E-state index contributed by atoms with van der Waals surface area (Å²) < 4.78 is 32.6. The number of ether oxygens (including phenoxy) is 2. The zero-order valence-corrected chi connectivity index (χ0v) is 11.7. The summed E-state index contributed by atoms with van der Waals surface area (Å²) in [5, 5.41) is 0. The van der Waals surface area contributed by atoms with Crippen LogP contribution in [0.15, 0.2) is 18.2 Å². The first-order chi connectivity index (χ1) is 8.89. The highest BCUT2D eigenvalue weighted by atomic mass is 32.2. The van der Waals surface area contributed by atoms with Crippen molar-refractivity contribution in [3.63, 3.8) is 0 Å². The minimum Gasteiger partial charge on any atom is -0.492 e. The quantitative estimate of drug-likeness (QED) is 0.616. The third-order valence-electron chi connectivity index (χ3n) is 2.50. The van der Waals surface area contributed by atoms with Crippen LogP contribution in [0.4, 0.5) is 5.69 Å². The van der Waals surface area contributed by atoms with Crippen molar-refractivity contribution in [1.82, 2.24) is 0 Å². The lowest BCUT2D eigenvalue weighted by atomic mass is 10.2. The monoisotopic (exact) mass is 287 g/mol. The highest BCUT2D eigenvalue weighted by molar-refractivity contribution is 7.91. The van der Waals surface area contributed by atoms with Crippen molar-refractivity contribution in [2.45, 2.75) is 6.92 Å². The van der Waals surface area contributed by atoms with Crippen LogP contribution in [0, 0.1) is 0 Å². The Morgan fingerprint density at radius 2 is 2.05 bits per heavy atom. The van der Waals surface area contributed by atoms with Gasteiger partial charge in [0.15, 0.2) is 9.84 Å². The number of sulfone groups is 1. The molecular formula is C12H17NO5S. The minimum absolute atomic E-state index is 0.0381. The molecule has 0 spiro atoms. The van der Waals surface area contributed by atoms with Crippen molar-refractivity contribution < 1.29 is 22.7 Å². The van der Waals surface area contributed by atoms with Crippen LogP contribution in [-0.4, -0.2) is 39.6 Å². The maximum absolute atomic E-state index is 11.5. The van der Waals surface area contributed by atoms with Crippen LogP contribution in [0.1, 0.15) is 17.3 Å². The zero-order valence-electron chi connectivity index (χ0n) is 10.9. The largest absolute Gasteiger partial charge is 0.492 e. The van der Waals surface area contributed by atoms with E-state index in [9.17, 15) is 13.2 Å². The number of carbonyl (C=O) groups excluding carboxylic acids is 1. The number of hydrogen-bond acceptors (Lipinski definition) is 6. The molecule has 0 atom stereocenters. The van der Waals surface area contributed by atoms with E-state index < -0.39 is 15.8 Å². The Labute approximate surface area is 112 Å². The van der Waals surface area contributed by atoms with Crippen LogP contribution in [0.3, 0.4) is 0 Å². The number of methoxy groups -OCH3 is 1. The second-order valence-electron chi connectivity index (χ2n) is 3.83. The molecule has 6 nitrogen and oxygen atoms in total. The SMILES string of the molecule is CCS(=O)(=O)CCOc1cc(N)ccc1C(=O)OC. The summed E-state index contributed by atoms with van der Waals surface area (Å²) in [6.07, 6.45) is 0. The lowest BCUT2D eigenvalue weighted by Gasteiger charge is -2.11. The third-order valence-corrected chi connectivity index (χ3v) is 4.17. The summed E-state index contributed by atoms with van der Waals surface area (Å²) in [6, 6.07) is 4.48. The minimum atomic E-state index is -3.11. The number of esters is 1. The van der Waals surface area contributed by atoms with Gasteiger partial charge in [-0.1, -0.05) is 6.92 Å². The van der Waals surface area contributed by atoms with Crippen LogP contribution in [0.5, 0.6) is 5.75 Å². The van der Waals surface area contributed by atoms with Crippen LogP contribution in [-0.2, 0) is 14.6 Å². The van der Waals surface area contributed by atoms with Crippen LogP contribution < -0.4 is 10.5 Å². The van der Waals surface area contributed by atoms with Crippen molar-refractivity contribution >= 4 is 21.5 Å². The van der Waals surface area contributed by atoms with Gasteiger partial charge in [-0.15, -0.1) is 0 Å².